The largest absolute Gasteiger partial charge is 0.264 e. The SMILES string of the molecule is CC1CCC(C(C)(C)c2cncc3ccccc23)C(Cl)C1. The molecule has 0 N–H and O–H groups in total. The van der Waals surface area contributed by atoms with E-state index in [-0.39, 0.29) is 10.8 Å². The second kappa shape index (κ2) is 5.61. The number of halogens is 1. The highest BCUT2D eigenvalue weighted by Crippen LogP contribution is 2.45. The van der Waals surface area contributed by atoms with Crippen LogP contribution in [0.15, 0.2) is 36.7 Å². The Balaban J connectivity index is 2.04. The number of pyridine rings is 1. The molecule has 112 valence electrons. The third-order valence-corrected chi connectivity index (χ3v) is 5.81. The minimum atomic E-state index is 0.0560. The van der Waals surface area contributed by atoms with E-state index in [4.69, 9.17) is 11.6 Å². The van der Waals surface area contributed by atoms with Gasteiger partial charge in [-0.1, -0.05) is 51.5 Å². The summed E-state index contributed by atoms with van der Waals surface area (Å²) in [7, 11) is 0. The third-order valence-electron chi connectivity index (χ3n) is 5.32. The molecule has 3 rings (SSSR count). The molecule has 0 bridgehead atoms. The Hall–Kier alpha value is -1.08. The van der Waals surface area contributed by atoms with Crippen LogP contribution in [0.3, 0.4) is 0 Å². The van der Waals surface area contributed by atoms with Crippen LogP contribution in [0, 0.1) is 11.8 Å². The Morgan fingerprint density at radius 3 is 2.67 bits per heavy atom. The van der Waals surface area contributed by atoms with Crippen LogP contribution < -0.4 is 0 Å². The van der Waals surface area contributed by atoms with Crippen molar-refractivity contribution >= 4 is 22.4 Å². The van der Waals surface area contributed by atoms with Gasteiger partial charge in [-0.2, -0.15) is 0 Å². The van der Waals surface area contributed by atoms with Gasteiger partial charge in [-0.15, -0.1) is 11.6 Å². The lowest BCUT2D eigenvalue weighted by molar-refractivity contribution is 0.208. The third kappa shape index (κ3) is 2.68. The van der Waals surface area contributed by atoms with Crippen molar-refractivity contribution in [3.8, 4) is 0 Å². The highest BCUT2D eigenvalue weighted by Gasteiger charge is 2.40. The van der Waals surface area contributed by atoms with E-state index in [0.717, 1.165) is 12.3 Å². The number of aromatic nitrogens is 1. The summed E-state index contributed by atoms with van der Waals surface area (Å²) in [6.07, 6.45) is 7.63. The minimum Gasteiger partial charge on any atom is -0.264 e. The maximum Gasteiger partial charge on any atom is 0.0375 e. The maximum atomic E-state index is 6.74. The van der Waals surface area contributed by atoms with Crippen molar-refractivity contribution in [1.29, 1.82) is 0 Å². The number of nitrogens with zero attached hydrogens (tertiary/aromatic N) is 1. The van der Waals surface area contributed by atoms with Crippen molar-refractivity contribution in [1.82, 2.24) is 4.98 Å². The second-order valence-corrected chi connectivity index (χ2v) is 7.73. The van der Waals surface area contributed by atoms with Gasteiger partial charge >= 0.3 is 0 Å². The molecule has 0 spiro atoms. The molecule has 0 radical (unpaired) electrons. The first-order chi connectivity index (χ1) is 10.00. The first-order valence-corrected chi connectivity index (χ1v) is 8.41. The molecule has 1 aromatic carbocycles. The Labute approximate surface area is 132 Å². The van der Waals surface area contributed by atoms with Crippen LogP contribution >= 0.6 is 11.6 Å². The molecule has 2 aromatic rings. The summed E-state index contributed by atoms with van der Waals surface area (Å²) in [5.41, 5.74) is 1.39. The van der Waals surface area contributed by atoms with Crippen LogP contribution in [0.4, 0.5) is 0 Å². The quantitative estimate of drug-likeness (QED) is 0.662. The highest BCUT2D eigenvalue weighted by molar-refractivity contribution is 6.21. The summed E-state index contributed by atoms with van der Waals surface area (Å²) >= 11 is 6.74. The van der Waals surface area contributed by atoms with Crippen molar-refractivity contribution in [2.75, 3.05) is 0 Å². The van der Waals surface area contributed by atoms with E-state index in [2.05, 4.69) is 50.0 Å². The predicted molar refractivity (Wildman–Crippen MR) is 90.9 cm³/mol. The van der Waals surface area contributed by atoms with Gasteiger partial charge in [0.2, 0.25) is 0 Å². The zero-order valence-electron chi connectivity index (χ0n) is 13.1. The highest BCUT2D eigenvalue weighted by atomic mass is 35.5. The molecule has 1 heterocycles. The lowest BCUT2D eigenvalue weighted by Gasteiger charge is -2.42. The van der Waals surface area contributed by atoms with Crippen molar-refractivity contribution in [3.63, 3.8) is 0 Å². The van der Waals surface area contributed by atoms with E-state index < -0.39 is 0 Å². The van der Waals surface area contributed by atoms with Crippen molar-refractivity contribution in [3.05, 3.63) is 42.2 Å². The van der Waals surface area contributed by atoms with Crippen molar-refractivity contribution in [2.45, 2.75) is 50.8 Å². The molecule has 2 heteroatoms. The summed E-state index contributed by atoms with van der Waals surface area (Å²) in [5.74, 6) is 1.27. The smallest absolute Gasteiger partial charge is 0.0375 e. The molecule has 1 aromatic heterocycles. The van der Waals surface area contributed by atoms with Crippen molar-refractivity contribution in [2.24, 2.45) is 11.8 Å². The number of fused-ring (bicyclic) bond motifs is 1. The fourth-order valence-electron chi connectivity index (χ4n) is 3.95. The topological polar surface area (TPSA) is 12.9 Å². The number of benzene rings is 1. The lowest BCUT2D eigenvalue weighted by atomic mass is 9.65. The van der Waals surface area contributed by atoms with Crippen LogP contribution in [-0.4, -0.2) is 10.4 Å². The molecule has 0 amide bonds. The molecule has 3 unspecified atom stereocenters. The van der Waals surface area contributed by atoms with Gasteiger partial charge in [0.25, 0.3) is 0 Å². The average molecular weight is 302 g/mol. The van der Waals surface area contributed by atoms with Crippen LogP contribution in [0.2, 0.25) is 0 Å². The summed E-state index contributed by atoms with van der Waals surface area (Å²) in [4.78, 5) is 4.47. The predicted octanol–water partition coefficient (Wildman–Crippen LogP) is 5.56. The summed E-state index contributed by atoms with van der Waals surface area (Å²) in [6, 6.07) is 8.54. The van der Waals surface area contributed by atoms with Crippen LogP contribution in [-0.2, 0) is 5.41 Å². The minimum absolute atomic E-state index is 0.0560. The van der Waals surface area contributed by atoms with E-state index in [0.29, 0.717) is 5.92 Å². The Kier molecular flexibility index (Phi) is 3.96. The van der Waals surface area contributed by atoms with E-state index in [1.165, 1.54) is 29.2 Å². The molecule has 0 saturated heterocycles. The summed E-state index contributed by atoms with van der Waals surface area (Å²) in [6.45, 7) is 7.00. The molecule has 1 fully saturated rings. The van der Waals surface area contributed by atoms with Gasteiger partial charge in [-0.05, 0) is 41.0 Å². The van der Waals surface area contributed by atoms with E-state index >= 15 is 0 Å². The van der Waals surface area contributed by atoms with Gasteiger partial charge in [0.1, 0.15) is 0 Å². The first kappa shape index (κ1) is 14.8. The Bertz CT molecular complexity index is 629. The van der Waals surface area contributed by atoms with Gasteiger partial charge in [-0.3, -0.25) is 4.98 Å². The zero-order valence-corrected chi connectivity index (χ0v) is 13.9. The van der Waals surface area contributed by atoms with E-state index in [1.54, 1.807) is 0 Å². The van der Waals surface area contributed by atoms with Gasteiger partial charge < -0.3 is 0 Å². The van der Waals surface area contributed by atoms with E-state index in [9.17, 15) is 0 Å². The van der Waals surface area contributed by atoms with E-state index in [1.807, 2.05) is 12.4 Å². The first-order valence-electron chi connectivity index (χ1n) is 7.97. The van der Waals surface area contributed by atoms with Crippen LogP contribution in [0.5, 0.6) is 0 Å². The van der Waals surface area contributed by atoms with Crippen molar-refractivity contribution < 1.29 is 0 Å². The number of hydrogen-bond acceptors (Lipinski definition) is 1. The fraction of sp³-hybridized carbons (Fsp3) is 0.526. The molecule has 1 saturated carbocycles. The zero-order chi connectivity index (χ0) is 15.0. The van der Waals surface area contributed by atoms with Gasteiger partial charge in [0, 0.05) is 23.2 Å². The molecule has 3 atom stereocenters. The molecule has 1 aliphatic carbocycles. The molecular formula is C19H24ClN. The van der Waals surface area contributed by atoms with Gasteiger partial charge in [0.05, 0.1) is 0 Å². The fourth-order valence-corrected chi connectivity index (χ4v) is 4.70. The standard InChI is InChI=1S/C19H24ClN/c1-13-8-9-16(18(20)10-13)19(2,3)17-12-21-11-14-6-4-5-7-15(14)17/h4-7,11-13,16,18H,8-10H2,1-3H3. The van der Waals surface area contributed by atoms with Crippen LogP contribution in [0.1, 0.15) is 45.6 Å². The Morgan fingerprint density at radius 2 is 1.90 bits per heavy atom. The normalized spacial score (nSPS) is 27.0. The average Bonchev–Trinajstić information content (AvgIpc) is 2.46. The molecule has 1 aliphatic rings. The van der Waals surface area contributed by atoms with Crippen LogP contribution in [0.25, 0.3) is 10.8 Å². The number of rotatable bonds is 2. The lowest BCUT2D eigenvalue weighted by Crippen LogP contribution is -2.39. The number of alkyl halides is 1. The molecular weight excluding hydrogens is 278 g/mol. The molecule has 21 heavy (non-hydrogen) atoms. The number of hydrogen-bond donors (Lipinski definition) is 0. The monoisotopic (exact) mass is 301 g/mol. The van der Waals surface area contributed by atoms with Gasteiger partial charge in [0.15, 0.2) is 0 Å². The maximum absolute atomic E-state index is 6.74. The molecule has 0 aliphatic heterocycles. The summed E-state index contributed by atoms with van der Waals surface area (Å²) in [5, 5.41) is 2.81. The van der Waals surface area contributed by atoms with Gasteiger partial charge in [-0.25, -0.2) is 0 Å². The Morgan fingerprint density at radius 1 is 1.14 bits per heavy atom. The summed E-state index contributed by atoms with van der Waals surface area (Å²) < 4.78 is 0. The second-order valence-electron chi connectivity index (χ2n) is 7.17. The molecule has 1 nitrogen and oxygen atoms in total.